The Hall–Kier alpha value is -1.34. The predicted octanol–water partition coefficient (Wildman–Crippen LogP) is 4.89. The molecular weight excluding hydrogens is 387 g/mol. The summed E-state index contributed by atoms with van der Waals surface area (Å²) in [6.07, 6.45) is 0.833. The van der Waals surface area contributed by atoms with E-state index in [4.69, 9.17) is 40.2 Å². The van der Waals surface area contributed by atoms with Gasteiger partial charge < -0.3 is 15.4 Å². The fourth-order valence-corrected chi connectivity index (χ4v) is 3.50. The quantitative estimate of drug-likeness (QED) is 0.550. The average Bonchev–Trinajstić information content (AvgIpc) is 2.98. The molecule has 0 unspecified atom stereocenters. The Morgan fingerprint density at radius 1 is 1.29 bits per heavy atom. The number of thiocarbonyl (C=S) groups is 1. The van der Waals surface area contributed by atoms with Crippen LogP contribution in [-0.4, -0.2) is 18.2 Å². The molecule has 0 bridgehead atoms. The lowest BCUT2D eigenvalue weighted by molar-refractivity contribution is 0.0602. The van der Waals surface area contributed by atoms with Gasteiger partial charge in [-0.1, -0.05) is 36.2 Å². The van der Waals surface area contributed by atoms with Crippen molar-refractivity contribution in [1.29, 1.82) is 0 Å². The third kappa shape index (κ3) is 4.83. The molecule has 2 rings (SSSR count). The lowest BCUT2D eigenvalue weighted by atomic mass is 10.2. The summed E-state index contributed by atoms with van der Waals surface area (Å²) in [5.74, 6) is -0.388. The molecule has 0 aliphatic carbocycles. The highest BCUT2D eigenvalue weighted by molar-refractivity contribution is 7.80. The van der Waals surface area contributed by atoms with Gasteiger partial charge in [0.2, 0.25) is 0 Å². The van der Waals surface area contributed by atoms with E-state index < -0.39 is 0 Å². The summed E-state index contributed by atoms with van der Waals surface area (Å²) in [7, 11) is 1.36. The molecule has 8 heteroatoms. The number of aryl methyl sites for hydroxylation is 1. The van der Waals surface area contributed by atoms with Gasteiger partial charge in [0, 0.05) is 11.4 Å². The topological polar surface area (TPSA) is 50.4 Å². The molecule has 0 spiro atoms. The van der Waals surface area contributed by atoms with E-state index in [1.54, 1.807) is 12.1 Å². The standard InChI is InChI=1S/C16H16Cl2N2O2S2/c1-3-10-7-11(15(21)22-2)14(24-10)20-16(23)19-8-9-4-5-12(17)13(18)6-9/h4-7H,3,8H2,1-2H3,(H2,19,20,23). The lowest BCUT2D eigenvalue weighted by Crippen LogP contribution is -2.28. The molecule has 2 aromatic rings. The Labute approximate surface area is 160 Å². The molecule has 0 aliphatic rings. The zero-order valence-electron chi connectivity index (χ0n) is 13.1. The first-order chi connectivity index (χ1) is 11.4. The molecule has 0 aliphatic heterocycles. The summed E-state index contributed by atoms with van der Waals surface area (Å²) in [6, 6.07) is 7.20. The third-order valence-corrected chi connectivity index (χ3v) is 5.38. The molecule has 128 valence electrons. The number of methoxy groups -OCH3 is 1. The number of anilines is 1. The molecule has 1 aromatic heterocycles. The van der Waals surface area contributed by atoms with Gasteiger partial charge in [-0.3, -0.25) is 0 Å². The summed E-state index contributed by atoms with van der Waals surface area (Å²) >= 11 is 18.7. The summed E-state index contributed by atoms with van der Waals surface area (Å²) < 4.78 is 4.81. The molecule has 0 saturated heterocycles. The van der Waals surface area contributed by atoms with E-state index in [2.05, 4.69) is 10.6 Å². The smallest absolute Gasteiger partial charge is 0.340 e. The number of carbonyl (C=O) groups is 1. The SMILES string of the molecule is CCc1cc(C(=O)OC)c(NC(=S)NCc2ccc(Cl)c(Cl)c2)s1. The predicted molar refractivity (Wildman–Crippen MR) is 105 cm³/mol. The van der Waals surface area contributed by atoms with Crippen molar-refractivity contribution in [3.63, 3.8) is 0 Å². The largest absolute Gasteiger partial charge is 0.465 e. The number of thiophene rings is 1. The second kappa shape index (κ2) is 8.67. The molecule has 0 amide bonds. The second-order valence-electron chi connectivity index (χ2n) is 4.86. The molecule has 4 nitrogen and oxygen atoms in total. The number of carbonyl (C=O) groups excluding carboxylic acids is 1. The Bertz CT molecular complexity index is 763. The van der Waals surface area contributed by atoms with Gasteiger partial charge in [-0.05, 0) is 42.4 Å². The lowest BCUT2D eigenvalue weighted by Gasteiger charge is -2.11. The van der Waals surface area contributed by atoms with Crippen LogP contribution in [0.1, 0.15) is 27.7 Å². The van der Waals surface area contributed by atoms with Crippen molar-refractivity contribution in [3.05, 3.63) is 50.3 Å². The van der Waals surface area contributed by atoms with Crippen LogP contribution in [0.4, 0.5) is 5.00 Å². The Kier molecular flexibility index (Phi) is 6.86. The van der Waals surface area contributed by atoms with Gasteiger partial charge in [-0.15, -0.1) is 11.3 Å². The first-order valence-corrected chi connectivity index (χ1v) is 9.12. The maximum Gasteiger partial charge on any atom is 0.340 e. The monoisotopic (exact) mass is 402 g/mol. The fraction of sp³-hybridized carbons (Fsp3) is 0.250. The van der Waals surface area contributed by atoms with E-state index in [-0.39, 0.29) is 5.97 Å². The van der Waals surface area contributed by atoms with Crippen LogP contribution in [0.25, 0.3) is 0 Å². The Morgan fingerprint density at radius 3 is 2.67 bits per heavy atom. The van der Waals surface area contributed by atoms with E-state index in [1.807, 2.05) is 19.1 Å². The van der Waals surface area contributed by atoms with Crippen LogP contribution in [0.5, 0.6) is 0 Å². The van der Waals surface area contributed by atoms with Crippen LogP contribution in [0.2, 0.25) is 10.0 Å². The Morgan fingerprint density at radius 2 is 2.04 bits per heavy atom. The van der Waals surface area contributed by atoms with Crippen molar-refractivity contribution in [2.75, 3.05) is 12.4 Å². The van der Waals surface area contributed by atoms with Crippen LogP contribution in [0.15, 0.2) is 24.3 Å². The highest BCUT2D eigenvalue weighted by atomic mass is 35.5. The number of halogens is 2. The number of ether oxygens (including phenoxy) is 1. The number of nitrogens with one attached hydrogen (secondary N) is 2. The molecule has 1 heterocycles. The fourth-order valence-electron chi connectivity index (χ4n) is 1.95. The van der Waals surface area contributed by atoms with Crippen molar-refractivity contribution in [1.82, 2.24) is 5.32 Å². The summed E-state index contributed by atoms with van der Waals surface area (Å²) in [6.45, 7) is 2.51. The molecular formula is C16H16Cl2N2O2S2. The molecule has 24 heavy (non-hydrogen) atoms. The molecule has 2 N–H and O–H groups in total. The Balaban J connectivity index is 2.02. The number of esters is 1. The molecule has 1 aromatic carbocycles. The van der Waals surface area contributed by atoms with E-state index in [9.17, 15) is 4.79 Å². The van der Waals surface area contributed by atoms with Crippen molar-refractivity contribution >= 4 is 62.8 Å². The highest BCUT2D eigenvalue weighted by Gasteiger charge is 2.17. The van der Waals surface area contributed by atoms with Crippen molar-refractivity contribution < 1.29 is 9.53 Å². The van der Waals surface area contributed by atoms with E-state index in [0.29, 0.717) is 32.3 Å². The number of rotatable bonds is 5. The first kappa shape index (κ1) is 19.0. The zero-order chi connectivity index (χ0) is 17.7. The molecule has 0 atom stereocenters. The van der Waals surface area contributed by atoms with Gasteiger partial charge in [0.1, 0.15) is 5.00 Å². The number of benzene rings is 1. The van der Waals surface area contributed by atoms with Gasteiger partial charge in [-0.2, -0.15) is 0 Å². The summed E-state index contributed by atoms with van der Waals surface area (Å²) in [4.78, 5) is 12.9. The summed E-state index contributed by atoms with van der Waals surface area (Å²) in [5.41, 5.74) is 1.43. The van der Waals surface area contributed by atoms with Gasteiger partial charge in [0.05, 0.1) is 22.7 Å². The van der Waals surface area contributed by atoms with Crippen molar-refractivity contribution in [2.24, 2.45) is 0 Å². The minimum atomic E-state index is -0.388. The molecule has 0 saturated carbocycles. The minimum Gasteiger partial charge on any atom is -0.465 e. The van der Waals surface area contributed by atoms with Gasteiger partial charge in [0.25, 0.3) is 0 Å². The van der Waals surface area contributed by atoms with Crippen LogP contribution in [-0.2, 0) is 17.7 Å². The maximum atomic E-state index is 11.8. The van der Waals surface area contributed by atoms with E-state index in [0.717, 1.165) is 16.9 Å². The van der Waals surface area contributed by atoms with Crippen molar-refractivity contribution in [2.45, 2.75) is 19.9 Å². The van der Waals surface area contributed by atoms with E-state index in [1.165, 1.54) is 18.4 Å². The average molecular weight is 403 g/mol. The highest BCUT2D eigenvalue weighted by Crippen LogP contribution is 2.29. The minimum absolute atomic E-state index is 0.388. The van der Waals surface area contributed by atoms with E-state index >= 15 is 0 Å². The van der Waals surface area contributed by atoms with Crippen LogP contribution >= 0.6 is 46.8 Å². The van der Waals surface area contributed by atoms with Crippen molar-refractivity contribution in [3.8, 4) is 0 Å². The molecule has 0 fully saturated rings. The van der Waals surface area contributed by atoms with Crippen LogP contribution in [0.3, 0.4) is 0 Å². The number of hydrogen-bond donors (Lipinski definition) is 2. The zero-order valence-corrected chi connectivity index (χ0v) is 16.3. The van der Waals surface area contributed by atoms with Crippen LogP contribution < -0.4 is 10.6 Å². The molecule has 0 radical (unpaired) electrons. The normalized spacial score (nSPS) is 10.3. The van der Waals surface area contributed by atoms with Crippen LogP contribution in [0, 0.1) is 0 Å². The van der Waals surface area contributed by atoms with Gasteiger partial charge in [0.15, 0.2) is 5.11 Å². The maximum absolute atomic E-state index is 11.8. The third-order valence-electron chi connectivity index (χ3n) is 3.20. The second-order valence-corrected chi connectivity index (χ2v) is 7.22. The first-order valence-electron chi connectivity index (χ1n) is 7.14. The van der Waals surface area contributed by atoms with Gasteiger partial charge >= 0.3 is 5.97 Å². The number of hydrogen-bond acceptors (Lipinski definition) is 4. The summed E-state index contributed by atoms with van der Waals surface area (Å²) in [5, 5.41) is 8.22. The van der Waals surface area contributed by atoms with Gasteiger partial charge in [-0.25, -0.2) is 4.79 Å².